The Hall–Kier alpha value is -4.15. The SMILES string of the molecule is COCCNc1cc(NC(=O)N2c3nc(C=O)c(CN4CCOCC4=O)cc3C3(F)CC2C3)ncc1C#N. The van der Waals surface area contributed by atoms with Crippen LogP contribution in [0.4, 0.5) is 26.5 Å². The van der Waals surface area contributed by atoms with Crippen molar-refractivity contribution in [1.29, 1.82) is 5.26 Å². The third-order valence-electron chi connectivity index (χ3n) is 6.97. The average Bonchev–Trinajstić information content (AvgIpc) is 2.89. The van der Waals surface area contributed by atoms with Crippen LogP contribution in [0.5, 0.6) is 0 Å². The lowest BCUT2D eigenvalue weighted by Gasteiger charge is -2.52. The Morgan fingerprint density at radius 2 is 2.24 bits per heavy atom. The van der Waals surface area contributed by atoms with E-state index in [4.69, 9.17) is 9.47 Å². The van der Waals surface area contributed by atoms with Crippen molar-refractivity contribution in [2.45, 2.75) is 31.1 Å². The van der Waals surface area contributed by atoms with Crippen LogP contribution in [-0.2, 0) is 26.5 Å². The number of anilines is 3. The van der Waals surface area contributed by atoms with Gasteiger partial charge in [-0.25, -0.2) is 19.2 Å². The second-order valence-corrected chi connectivity index (χ2v) is 9.36. The number of nitrogens with one attached hydrogen (secondary N) is 2. The van der Waals surface area contributed by atoms with Crippen LogP contribution < -0.4 is 15.5 Å². The van der Waals surface area contributed by atoms with E-state index in [-0.39, 0.29) is 54.8 Å². The molecule has 2 fully saturated rings. The van der Waals surface area contributed by atoms with Gasteiger partial charge < -0.3 is 19.7 Å². The van der Waals surface area contributed by atoms with Gasteiger partial charge in [0.1, 0.15) is 35.7 Å². The highest BCUT2D eigenvalue weighted by atomic mass is 19.1. The number of urea groups is 1. The first-order valence-corrected chi connectivity index (χ1v) is 12.1. The van der Waals surface area contributed by atoms with E-state index in [1.54, 1.807) is 13.2 Å². The maximum absolute atomic E-state index is 15.7. The van der Waals surface area contributed by atoms with Gasteiger partial charge in [0.25, 0.3) is 0 Å². The second kappa shape index (κ2) is 10.3. The summed E-state index contributed by atoms with van der Waals surface area (Å²) in [7, 11) is 1.56. The quantitative estimate of drug-likeness (QED) is 0.391. The third-order valence-corrected chi connectivity index (χ3v) is 6.97. The molecule has 4 aliphatic rings. The van der Waals surface area contributed by atoms with E-state index in [9.17, 15) is 19.6 Å². The predicted molar refractivity (Wildman–Crippen MR) is 132 cm³/mol. The Morgan fingerprint density at radius 3 is 2.95 bits per heavy atom. The van der Waals surface area contributed by atoms with Crippen molar-refractivity contribution in [3.05, 3.63) is 40.7 Å². The summed E-state index contributed by atoms with van der Waals surface area (Å²) >= 11 is 0. The van der Waals surface area contributed by atoms with Crippen molar-refractivity contribution in [3.8, 4) is 6.07 Å². The fraction of sp³-hybridized carbons (Fsp3) is 0.440. The van der Waals surface area contributed by atoms with Crippen molar-refractivity contribution in [1.82, 2.24) is 14.9 Å². The van der Waals surface area contributed by atoms with Gasteiger partial charge in [0.15, 0.2) is 6.29 Å². The topological polar surface area (TPSA) is 150 Å². The van der Waals surface area contributed by atoms with E-state index in [1.165, 1.54) is 22.1 Å². The molecule has 2 aromatic heterocycles. The highest BCUT2D eigenvalue weighted by molar-refractivity contribution is 6.03. The predicted octanol–water partition coefficient (Wildman–Crippen LogP) is 1.96. The lowest BCUT2D eigenvalue weighted by Crippen LogP contribution is -2.60. The van der Waals surface area contributed by atoms with Crippen molar-refractivity contribution < 1.29 is 28.2 Å². The molecule has 1 saturated heterocycles. The van der Waals surface area contributed by atoms with Gasteiger partial charge in [0, 0.05) is 69.0 Å². The molecule has 12 nitrogen and oxygen atoms in total. The van der Waals surface area contributed by atoms with Gasteiger partial charge in [0.05, 0.1) is 24.5 Å². The molecule has 3 amide bonds. The molecule has 3 aliphatic heterocycles. The van der Waals surface area contributed by atoms with E-state index in [1.807, 2.05) is 6.07 Å². The number of aromatic nitrogens is 2. The molecule has 6 rings (SSSR count). The number of alkyl halides is 1. The number of nitriles is 1. The molecule has 13 heteroatoms. The molecule has 1 saturated carbocycles. The number of hydrogen-bond donors (Lipinski definition) is 2. The Bertz CT molecular complexity index is 1320. The maximum atomic E-state index is 15.7. The average molecular weight is 524 g/mol. The van der Waals surface area contributed by atoms with Crippen LogP contribution in [0.25, 0.3) is 0 Å². The van der Waals surface area contributed by atoms with Gasteiger partial charge in [-0.15, -0.1) is 0 Å². The number of methoxy groups -OCH3 is 1. The monoisotopic (exact) mass is 523 g/mol. The molecule has 198 valence electrons. The van der Waals surface area contributed by atoms with E-state index < -0.39 is 17.7 Å². The van der Waals surface area contributed by atoms with Gasteiger partial charge >= 0.3 is 6.03 Å². The van der Waals surface area contributed by atoms with Crippen LogP contribution in [0.3, 0.4) is 0 Å². The van der Waals surface area contributed by atoms with Gasteiger partial charge in [-0.2, -0.15) is 5.26 Å². The number of nitrogens with zero attached hydrogens (tertiary/aromatic N) is 5. The summed E-state index contributed by atoms with van der Waals surface area (Å²) in [6, 6.07) is 4.09. The van der Waals surface area contributed by atoms with Crippen molar-refractivity contribution >= 4 is 35.5 Å². The molecule has 0 unspecified atom stereocenters. The summed E-state index contributed by atoms with van der Waals surface area (Å²) in [5.74, 6) is 0.0279. The molecule has 0 radical (unpaired) electrons. The molecule has 1 aliphatic carbocycles. The Morgan fingerprint density at radius 1 is 1.42 bits per heavy atom. The van der Waals surface area contributed by atoms with Crippen LogP contribution in [0.15, 0.2) is 18.3 Å². The number of morpholine rings is 1. The maximum Gasteiger partial charge on any atom is 0.328 e. The van der Waals surface area contributed by atoms with E-state index >= 15 is 4.39 Å². The van der Waals surface area contributed by atoms with Crippen LogP contribution in [-0.4, -0.2) is 79.2 Å². The van der Waals surface area contributed by atoms with Crippen LogP contribution in [0, 0.1) is 11.3 Å². The molecular formula is C25H26FN7O5. The Kier molecular flexibility index (Phi) is 6.92. The summed E-state index contributed by atoms with van der Waals surface area (Å²) in [5.41, 5.74) is -0.230. The number of hydrogen-bond acceptors (Lipinski definition) is 9. The Labute approximate surface area is 217 Å². The summed E-state index contributed by atoms with van der Waals surface area (Å²) in [6.45, 7) is 1.63. The van der Waals surface area contributed by atoms with Gasteiger partial charge in [-0.3, -0.25) is 19.8 Å². The summed E-state index contributed by atoms with van der Waals surface area (Å²) < 4.78 is 25.9. The number of aldehydes is 1. The minimum atomic E-state index is -1.67. The number of rotatable bonds is 8. The van der Waals surface area contributed by atoms with Gasteiger partial charge in [-0.1, -0.05) is 0 Å². The first kappa shape index (κ1) is 25.5. The molecule has 2 aromatic rings. The molecular weight excluding hydrogens is 497 g/mol. The number of carbonyl (C=O) groups is 3. The van der Waals surface area contributed by atoms with E-state index in [0.29, 0.717) is 49.4 Å². The van der Waals surface area contributed by atoms with Crippen molar-refractivity contribution in [3.63, 3.8) is 0 Å². The molecule has 38 heavy (non-hydrogen) atoms. The van der Waals surface area contributed by atoms with Crippen LogP contribution >= 0.6 is 0 Å². The number of amides is 3. The lowest BCUT2D eigenvalue weighted by atomic mass is 9.68. The van der Waals surface area contributed by atoms with Crippen molar-refractivity contribution in [2.24, 2.45) is 0 Å². The Balaban J connectivity index is 1.42. The minimum Gasteiger partial charge on any atom is -0.383 e. The largest absolute Gasteiger partial charge is 0.383 e. The van der Waals surface area contributed by atoms with Crippen LogP contribution in [0.1, 0.15) is 40.0 Å². The number of pyridine rings is 2. The number of carbonyl (C=O) groups excluding carboxylic acids is 3. The zero-order chi connectivity index (χ0) is 26.9. The molecule has 0 spiro atoms. The van der Waals surface area contributed by atoms with E-state index in [2.05, 4.69) is 20.6 Å². The zero-order valence-corrected chi connectivity index (χ0v) is 20.7. The third kappa shape index (κ3) is 4.64. The fourth-order valence-corrected chi connectivity index (χ4v) is 4.97. The fourth-order valence-electron chi connectivity index (χ4n) is 4.97. The minimum absolute atomic E-state index is 0.0341. The van der Waals surface area contributed by atoms with Crippen molar-refractivity contribution in [2.75, 3.05) is 55.6 Å². The highest BCUT2D eigenvalue weighted by Gasteiger charge is 2.57. The van der Waals surface area contributed by atoms with E-state index in [0.717, 1.165) is 0 Å². The van der Waals surface area contributed by atoms with Gasteiger partial charge in [0.2, 0.25) is 5.91 Å². The molecule has 2 N–H and O–H groups in total. The molecule has 0 atom stereocenters. The lowest BCUT2D eigenvalue weighted by molar-refractivity contribution is -0.143. The number of ether oxygens (including phenoxy) is 2. The second-order valence-electron chi connectivity index (χ2n) is 9.36. The summed E-state index contributed by atoms with van der Waals surface area (Å²) in [4.78, 5) is 48.9. The highest BCUT2D eigenvalue weighted by Crippen LogP contribution is 2.55. The summed E-state index contributed by atoms with van der Waals surface area (Å²) in [5, 5.41) is 15.1. The summed E-state index contributed by atoms with van der Waals surface area (Å²) in [6.07, 6.45) is 2.07. The molecule has 2 bridgehead atoms. The van der Waals surface area contributed by atoms with Gasteiger partial charge in [-0.05, 0) is 6.07 Å². The molecule has 0 aromatic carbocycles. The first-order valence-electron chi connectivity index (χ1n) is 12.1. The first-order chi connectivity index (χ1) is 18.4. The normalized spacial score (nSPS) is 21.7. The molecule has 5 heterocycles. The van der Waals surface area contributed by atoms with Crippen LogP contribution in [0.2, 0.25) is 0 Å². The zero-order valence-electron chi connectivity index (χ0n) is 20.7. The standard InChI is InChI=1S/C25H26FN7O5/c1-37-4-2-28-19-7-21(29-11-16(19)10-27)31-24(36)33-17-8-25(26,9-17)18-6-15(20(13-34)30-23(18)33)12-32-3-5-38-14-22(32)35/h6-7,11,13,17H,2-5,8-9,12,14H2,1H3,(H2,28,29,31,36). The number of halogens is 1. The smallest absolute Gasteiger partial charge is 0.328 e.